The molecule has 3 aromatic carbocycles. The molecular formula is C23H22N4O. The maximum Gasteiger partial charge on any atom is 0.121 e. The highest BCUT2D eigenvalue weighted by molar-refractivity contribution is 5.80. The van der Waals surface area contributed by atoms with Gasteiger partial charge in [-0.3, -0.25) is 0 Å². The smallest absolute Gasteiger partial charge is 0.121 e. The first-order valence-electron chi connectivity index (χ1n) is 9.10. The summed E-state index contributed by atoms with van der Waals surface area (Å²) in [6.45, 7) is 0. The van der Waals surface area contributed by atoms with Crippen molar-refractivity contribution in [3.05, 3.63) is 78.9 Å². The molecule has 1 aromatic heterocycles. The highest BCUT2D eigenvalue weighted by Crippen LogP contribution is 2.33. The van der Waals surface area contributed by atoms with E-state index in [4.69, 9.17) is 4.74 Å². The van der Waals surface area contributed by atoms with Crippen molar-refractivity contribution in [2.75, 3.05) is 26.1 Å². The number of nitrogens with zero attached hydrogens (tertiary/aromatic N) is 4. The number of anilines is 1. The Morgan fingerprint density at radius 2 is 1.54 bits per heavy atom. The molecule has 0 saturated heterocycles. The predicted molar refractivity (Wildman–Crippen MR) is 113 cm³/mol. The largest absolute Gasteiger partial charge is 0.497 e. The zero-order valence-corrected chi connectivity index (χ0v) is 16.2. The van der Waals surface area contributed by atoms with E-state index in [1.54, 1.807) is 7.11 Å². The molecule has 28 heavy (non-hydrogen) atoms. The highest BCUT2D eigenvalue weighted by atomic mass is 16.5. The van der Waals surface area contributed by atoms with E-state index in [-0.39, 0.29) is 0 Å². The van der Waals surface area contributed by atoms with Crippen LogP contribution in [-0.2, 0) is 0 Å². The van der Waals surface area contributed by atoms with Gasteiger partial charge < -0.3 is 9.64 Å². The van der Waals surface area contributed by atoms with Gasteiger partial charge in [0.05, 0.1) is 12.8 Å². The summed E-state index contributed by atoms with van der Waals surface area (Å²) >= 11 is 0. The van der Waals surface area contributed by atoms with Crippen LogP contribution in [0.1, 0.15) is 0 Å². The Kier molecular flexibility index (Phi) is 4.81. The summed E-state index contributed by atoms with van der Waals surface area (Å²) in [4.78, 5) is 2.09. The van der Waals surface area contributed by atoms with E-state index in [9.17, 15) is 0 Å². The molecule has 4 aromatic rings. The standard InChI is InChI=1S/C23H22N4O/c1-26(2)20-11-7-10-18(16-20)23-22(17-8-5-4-6-9-17)24-25-27(23)19-12-14-21(28-3)15-13-19/h4-16H,1-3H3. The summed E-state index contributed by atoms with van der Waals surface area (Å²) in [5.74, 6) is 0.809. The third-order valence-electron chi connectivity index (χ3n) is 4.67. The van der Waals surface area contributed by atoms with Crippen LogP contribution in [0.5, 0.6) is 5.75 Å². The van der Waals surface area contributed by atoms with Crippen LogP contribution >= 0.6 is 0 Å². The Bertz CT molecular complexity index is 1070. The van der Waals surface area contributed by atoms with Crippen LogP contribution in [-0.4, -0.2) is 36.2 Å². The molecule has 0 amide bonds. The summed E-state index contributed by atoms with van der Waals surface area (Å²) in [7, 11) is 5.74. The molecule has 0 aliphatic carbocycles. The lowest BCUT2D eigenvalue weighted by atomic mass is 10.0. The summed E-state index contributed by atoms with van der Waals surface area (Å²) < 4.78 is 7.17. The molecule has 0 aliphatic heterocycles. The van der Waals surface area contributed by atoms with E-state index in [2.05, 4.69) is 51.6 Å². The predicted octanol–water partition coefficient (Wildman–Crippen LogP) is 4.68. The fourth-order valence-electron chi connectivity index (χ4n) is 3.17. The molecule has 0 bridgehead atoms. The lowest BCUT2D eigenvalue weighted by molar-refractivity contribution is 0.414. The van der Waals surface area contributed by atoms with Gasteiger partial charge in [0.2, 0.25) is 0 Å². The normalized spacial score (nSPS) is 10.7. The van der Waals surface area contributed by atoms with Crippen molar-refractivity contribution >= 4 is 5.69 Å². The Morgan fingerprint density at radius 3 is 2.21 bits per heavy atom. The molecule has 0 N–H and O–H groups in total. The first-order chi connectivity index (χ1) is 13.7. The van der Waals surface area contributed by atoms with Gasteiger partial charge in [-0.25, -0.2) is 4.68 Å². The number of rotatable bonds is 5. The van der Waals surface area contributed by atoms with Crippen LogP contribution in [0.3, 0.4) is 0 Å². The minimum absolute atomic E-state index is 0.809. The monoisotopic (exact) mass is 370 g/mol. The molecule has 0 spiro atoms. The molecule has 0 saturated carbocycles. The molecular weight excluding hydrogens is 348 g/mol. The molecule has 0 unspecified atom stereocenters. The molecule has 0 aliphatic rings. The van der Waals surface area contributed by atoms with Crippen LogP contribution in [0, 0.1) is 0 Å². The van der Waals surface area contributed by atoms with Crippen molar-refractivity contribution in [3.63, 3.8) is 0 Å². The van der Waals surface area contributed by atoms with Crippen LogP contribution in [0.15, 0.2) is 78.9 Å². The van der Waals surface area contributed by atoms with E-state index < -0.39 is 0 Å². The van der Waals surface area contributed by atoms with Crippen LogP contribution in [0.25, 0.3) is 28.2 Å². The fourth-order valence-corrected chi connectivity index (χ4v) is 3.17. The molecule has 4 rings (SSSR count). The van der Waals surface area contributed by atoms with Gasteiger partial charge in [0, 0.05) is 30.9 Å². The van der Waals surface area contributed by atoms with Crippen LogP contribution in [0.4, 0.5) is 5.69 Å². The average molecular weight is 370 g/mol. The molecule has 0 radical (unpaired) electrons. The molecule has 0 fully saturated rings. The van der Waals surface area contributed by atoms with Gasteiger partial charge in [-0.1, -0.05) is 47.7 Å². The second kappa shape index (κ2) is 7.56. The number of hydrogen-bond donors (Lipinski definition) is 0. The van der Waals surface area contributed by atoms with E-state index in [1.807, 2.05) is 61.2 Å². The quantitative estimate of drug-likeness (QED) is 0.512. The zero-order chi connectivity index (χ0) is 19.5. The van der Waals surface area contributed by atoms with Gasteiger partial charge in [-0.05, 0) is 36.4 Å². The van der Waals surface area contributed by atoms with Crippen molar-refractivity contribution < 1.29 is 4.74 Å². The number of hydrogen-bond acceptors (Lipinski definition) is 4. The van der Waals surface area contributed by atoms with Gasteiger partial charge in [0.15, 0.2) is 0 Å². The third kappa shape index (κ3) is 3.34. The lowest BCUT2D eigenvalue weighted by Crippen LogP contribution is -2.08. The molecule has 140 valence electrons. The summed E-state index contributed by atoms with van der Waals surface area (Å²) in [6, 6.07) is 26.4. The van der Waals surface area contributed by atoms with Crippen molar-refractivity contribution in [1.29, 1.82) is 0 Å². The average Bonchev–Trinajstić information content (AvgIpc) is 3.19. The minimum atomic E-state index is 0.809. The van der Waals surface area contributed by atoms with Crippen molar-refractivity contribution in [2.45, 2.75) is 0 Å². The number of ether oxygens (including phenoxy) is 1. The Balaban J connectivity index is 1.92. The van der Waals surface area contributed by atoms with Crippen LogP contribution < -0.4 is 9.64 Å². The molecule has 5 nitrogen and oxygen atoms in total. The minimum Gasteiger partial charge on any atom is -0.497 e. The van der Waals surface area contributed by atoms with Gasteiger partial charge in [-0.15, -0.1) is 5.10 Å². The van der Waals surface area contributed by atoms with E-state index >= 15 is 0 Å². The highest BCUT2D eigenvalue weighted by Gasteiger charge is 2.18. The summed E-state index contributed by atoms with van der Waals surface area (Å²) in [5, 5.41) is 9.01. The van der Waals surface area contributed by atoms with E-state index in [0.29, 0.717) is 0 Å². The number of methoxy groups -OCH3 is 1. The SMILES string of the molecule is COc1ccc(-n2nnc(-c3ccccc3)c2-c2cccc(N(C)C)c2)cc1. The zero-order valence-electron chi connectivity index (χ0n) is 16.2. The maximum atomic E-state index is 5.29. The second-order valence-electron chi connectivity index (χ2n) is 6.71. The maximum absolute atomic E-state index is 5.29. The van der Waals surface area contributed by atoms with Crippen molar-refractivity contribution in [1.82, 2.24) is 15.0 Å². The number of benzene rings is 3. The van der Waals surface area contributed by atoms with E-state index in [0.717, 1.165) is 39.6 Å². The van der Waals surface area contributed by atoms with E-state index in [1.165, 1.54) is 0 Å². The van der Waals surface area contributed by atoms with Crippen LogP contribution in [0.2, 0.25) is 0 Å². The first kappa shape index (κ1) is 17.8. The van der Waals surface area contributed by atoms with Gasteiger partial charge in [-0.2, -0.15) is 0 Å². The first-order valence-corrected chi connectivity index (χ1v) is 9.10. The molecule has 1 heterocycles. The second-order valence-corrected chi connectivity index (χ2v) is 6.71. The van der Waals surface area contributed by atoms with Crippen molar-refractivity contribution in [3.8, 4) is 34.0 Å². The third-order valence-corrected chi connectivity index (χ3v) is 4.67. The number of aromatic nitrogens is 3. The van der Waals surface area contributed by atoms with Crippen molar-refractivity contribution in [2.24, 2.45) is 0 Å². The molecule has 0 atom stereocenters. The summed E-state index contributed by atoms with van der Waals surface area (Å²) in [5.41, 5.74) is 5.96. The Morgan fingerprint density at radius 1 is 0.821 bits per heavy atom. The summed E-state index contributed by atoms with van der Waals surface area (Å²) in [6.07, 6.45) is 0. The fraction of sp³-hybridized carbons (Fsp3) is 0.130. The van der Waals surface area contributed by atoms with Gasteiger partial charge in [0.1, 0.15) is 17.1 Å². The van der Waals surface area contributed by atoms with Gasteiger partial charge in [0.25, 0.3) is 0 Å². The topological polar surface area (TPSA) is 43.2 Å². The Hall–Kier alpha value is -3.60. The lowest BCUT2D eigenvalue weighted by Gasteiger charge is -2.15. The molecule has 5 heteroatoms. The van der Waals surface area contributed by atoms with Gasteiger partial charge >= 0.3 is 0 Å². The Labute approximate surface area is 164 Å².